The average molecular weight is 502 g/mol. The molecule has 3 aliphatic heterocycles. The number of ether oxygens (including phenoxy) is 1. The zero-order valence-corrected chi connectivity index (χ0v) is 20.5. The largest absolute Gasteiger partial charge is 0.481 e. The molecule has 0 atom stereocenters. The monoisotopic (exact) mass is 501 g/mol. The Kier molecular flexibility index (Phi) is 6.90. The number of carboxylic acid groups (broad SMARTS) is 1. The van der Waals surface area contributed by atoms with Crippen LogP contribution in [-0.2, 0) is 32.2 Å². The summed E-state index contributed by atoms with van der Waals surface area (Å²) in [4.78, 5) is 25.2. The van der Waals surface area contributed by atoms with Crippen molar-refractivity contribution in [1.29, 1.82) is 0 Å². The molecular weight excluding hydrogens is 470 g/mol. The fourth-order valence-corrected chi connectivity index (χ4v) is 6.76. The summed E-state index contributed by atoms with van der Waals surface area (Å²) >= 11 is 0. The highest BCUT2D eigenvalue weighted by Gasteiger charge is 2.32. The molecule has 3 aliphatic rings. The van der Waals surface area contributed by atoms with Crippen LogP contribution in [0.3, 0.4) is 0 Å². The molecule has 11 heteroatoms. The van der Waals surface area contributed by atoms with Gasteiger partial charge in [-0.1, -0.05) is 12.1 Å². The van der Waals surface area contributed by atoms with Crippen LogP contribution in [0.25, 0.3) is 0 Å². The van der Waals surface area contributed by atoms with E-state index in [1.54, 1.807) is 24.3 Å². The van der Waals surface area contributed by atoms with E-state index in [1.165, 1.54) is 0 Å². The maximum absolute atomic E-state index is 13.0. The van der Waals surface area contributed by atoms with Crippen LogP contribution in [0.5, 0.6) is 0 Å². The van der Waals surface area contributed by atoms with E-state index in [0.29, 0.717) is 47.6 Å². The van der Waals surface area contributed by atoms with Gasteiger partial charge in [0.2, 0.25) is 5.95 Å². The van der Waals surface area contributed by atoms with Gasteiger partial charge in [0.25, 0.3) is 0 Å². The normalized spacial score (nSPS) is 20.9. The van der Waals surface area contributed by atoms with Gasteiger partial charge < -0.3 is 20.1 Å². The second-order valence-corrected chi connectivity index (χ2v) is 11.4. The Morgan fingerprint density at radius 1 is 1.09 bits per heavy atom. The smallest absolute Gasteiger partial charge is 0.307 e. The molecule has 1 aromatic heterocycles. The molecule has 0 radical (unpaired) electrons. The van der Waals surface area contributed by atoms with Gasteiger partial charge in [-0.05, 0) is 43.4 Å². The molecule has 2 fully saturated rings. The van der Waals surface area contributed by atoms with Crippen molar-refractivity contribution in [3.63, 3.8) is 0 Å². The van der Waals surface area contributed by atoms with Crippen LogP contribution in [0.2, 0.25) is 0 Å². The summed E-state index contributed by atoms with van der Waals surface area (Å²) in [5.74, 6) is 0.0424. The SMILES string of the molecule is O=C(O)Cc1ccc(Nc2nc(N3CCC(N4CCOCC4)CC3)nc3c2S(=O)(=O)CCC3)cc1. The summed E-state index contributed by atoms with van der Waals surface area (Å²) in [6, 6.07) is 7.45. The van der Waals surface area contributed by atoms with Crippen molar-refractivity contribution < 1.29 is 23.1 Å². The highest BCUT2D eigenvalue weighted by atomic mass is 32.2. The van der Waals surface area contributed by atoms with Crippen molar-refractivity contribution >= 4 is 33.3 Å². The quantitative estimate of drug-likeness (QED) is 0.606. The van der Waals surface area contributed by atoms with Crippen molar-refractivity contribution in [3.8, 4) is 0 Å². The first kappa shape index (κ1) is 24.0. The Morgan fingerprint density at radius 3 is 2.49 bits per heavy atom. The molecule has 188 valence electrons. The molecule has 2 N–H and O–H groups in total. The Bertz CT molecular complexity index is 1170. The topological polar surface area (TPSA) is 125 Å². The molecule has 2 saturated heterocycles. The predicted octanol–water partition coefficient (Wildman–Crippen LogP) is 1.87. The fraction of sp³-hybridized carbons (Fsp3) is 0.542. The summed E-state index contributed by atoms with van der Waals surface area (Å²) in [6.45, 7) is 5.14. The van der Waals surface area contributed by atoms with E-state index in [0.717, 1.165) is 52.2 Å². The summed E-state index contributed by atoms with van der Waals surface area (Å²) in [5, 5.41) is 12.2. The number of aryl methyl sites for hydroxylation is 1. The molecule has 2 aromatic rings. The molecule has 1 aromatic carbocycles. The van der Waals surface area contributed by atoms with Gasteiger partial charge in [-0.3, -0.25) is 9.69 Å². The van der Waals surface area contributed by atoms with E-state index in [2.05, 4.69) is 15.1 Å². The van der Waals surface area contributed by atoms with Gasteiger partial charge in [-0.25, -0.2) is 13.4 Å². The van der Waals surface area contributed by atoms with Gasteiger partial charge in [0.05, 0.1) is 31.1 Å². The molecule has 0 spiro atoms. The van der Waals surface area contributed by atoms with Crippen LogP contribution in [-0.4, -0.2) is 85.5 Å². The minimum Gasteiger partial charge on any atom is -0.481 e. The molecule has 0 bridgehead atoms. The third-order valence-electron chi connectivity index (χ3n) is 6.94. The first-order valence-electron chi connectivity index (χ1n) is 12.2. The number of sulfone groups is 1. The van der Waals surface area contributed by atoms with Crippen LogP contribution in [0, 0.1) is 0 Å². The van der Waals surface area contributed by atoms with Gasteiger partial charge in [-0.2, -0.15) is 4.98 Å². The van der Waals surface area contributed by atoms with Crippen molar-refractivity contribution in [2.75, 3.05) is 55.4 Å². The standard InChI is InChI=1S/C24H31N5O5S/c30-21(31)16-17-3-5-18(6-4-17)25-23-22-20(2-1-15-35(22,32)33)26-24(27-23)29-9-7-19(8-10-29)28-11-13-34-14-12-28/h3-6,19H,1-2,7-16H2,(H,30,31)(H,25,26,27). The van der Waals surface area contributed by atoms with E-state index in [-0.39, 0.29) is 17.1 Å². The summed E-state index contributed by atoms with van der Waals surface area (Å²) < 4.78 is 31.4. The third-order valence-corrected chi connectivity index (χ3v) is 8.82. The molecule has 4 heterocycles. The van der Waals surface area contributed by atoms with E-state index in [4.69, 9.17) is 19.8 Å². The number of nitrogens with one attached hydrogen (secondary N) is 1. The number of nitrogens with zero attached hydrogens (tertiary/aromatic N) is 4. The molecular formula is C24H31N5O5S. The van der Waals surface area contributed by atoms with Crippen LogP contribution in [0.1, 0.15) is 30.5 Å². The number of morpholine rings is 1. The number of benzene rings is 1. The first-order chi connectivity index (χ1) is 16.9. The van der Waals surface area contributed by atoms with Gasteiger partial charge in [0, 0.05) is 37.9 Å². The van der Waals surface area contributed by atoms with Crippen LogP contribution in [0.4, 0.5) is 17.5 Å². The lowest BCUT2D eigenvalue weighted by atomic mass is 10.0. The number of carboxylic acids is 1. The van der Waals surface area contributed by atoms with Crippen LogP contribution in [0.15, 0.2) is 29.2 Å². The second kappa shape index (κ2) is 10.1. The Hall–Kier alpha value is -2.76. The maximum atomic E-state index is 13.0. The zero-order chi connectivity index (χ0) is 24.4. The Balaban J connectivity index is 1.39. The molecule has 0 amide bonds. The van der Waals surface area contributed by atoms with Crippen molar-refractivity contribution in [1.82, 2.24) is 14.9 Å². The number of anilines is 3. The molecule has 0 saturated carbocycles. The summed E-state index contributed by atoms with van der Waals surface area (Å²) in [7, 11) is -3.49. The summed E-state index contributed by atoms with van der Waals surface area (Å²) in [6.07, 6.45) is 3.09. The minimum absolute atomic E-state index is 0.0673. The lowest BCUT2D eigenvalue weighted by molar-refractivity contribution is -0.136. The Labute approximate surface area is 205 Å². The minimum atomic E-state index is -3.49. The van der Waals surface area contributed by atoms with Gasteiger partial charge in [-0.15, -0.1) is 0 Å². The first-order valence-corrected chi connectivity index (χ1v) is 13.8. The van der Waals surface area contributed by atoms with Crippen molar-refractivity contribution in [2.45, 2.75) is 43.0 Å². The number of carbonyl (C=O) groups is 1. The average Bonchev–Trinajstić information content (AvgIpc) is 2.85. The van der Waals surface area contributed by atoms with Crippen molar-refractivity contribution in [3.05, 3.63) is 35.5 Å². The van der Waals surface area contributed by atoms with Crippen LogP contribution < -0.4 is 10.2 Å². The van der Waals surface area contributed by atoms with Gasteiger partial charge in [0.15, 0.2) is 15.7 Å². The van der Waals surface area contributed by atoms with Crippen molar-refractivity contribution in [2.24, 2.45) is 0 Å². The third kappa shape index (κ3) is 5.41. The number of rotatable bonds is 6. The van der Waals surface area contributed by atoms with E-state index < -0.39 is 15.8 Å². The van der Waals surface area contributed by atoms with E-state index >= 15 is 0 Å². The summed E-state index contributed by atoms with van der Waals surface area (Å²) in [5.41, 5.74) is 1.89. The Morgan fingerprint density at radius 2 is 1.80 bits per heavy atom. The molecule has 0 aliphatic carbocycles. The maximum Gasteiger partial charge on any atom is 0.307 e. The van der Waals surface area contributed by atoms with Crippen LogP contribution >= 0.6 is 0 Å². The number of aromatic nitrogens is 2. The van der Waals surface area contributed by atoms with E-state index in [9.17, 15) is 13.2 Å². The fourth-order valence-electron chi connectivity index (χ4n) is 5.13. The zero-order valence-electron chi connectivity index (χ0n) is 19.6. The molecule has 10 nitrogen and oxygen atoms in total. The molecule has 35 heavy (non-hydrogen) atoms. The number of piperidine rings is 1. The second-order valence-electron chi connectivity index (χ2n) is 9.33. The number of hydrogen-bond donors (Lipinski definition) is 2. The highest BCUT2D eigenvalue weighted by Crippen LogP contribution is 2.34. The van der Waals surface area contributed by atoms with Gasteiger partial charge >= 0.3 is 5.97 Å². The van der Waals surface area contributed by atoms with Gasteiger partial charge in [0.1, 0.15) is 4.90 Å². The number of fused-ring (bicyclic) bond motifs is 1. The molecule has 5 rings (SSSR count). The molecule has 0 unspecified atom stereocenters. The highest BCUT2D eigenvalue weighted by molar-refractivity contribution is 7.91. The number of hydrogen-bond acceptors (Lipinski definition) is 9. The number of aliphatic carboxylic acids is 1. The predicted molar refractivity (Wildman–Crippen MR) is 131 cm³/mol. The lowest BCUT2D eigenvalue weighted by Gasteiger charge is -2.40. The van der Waals surface area contributed by atoms with E-state index in [1.807, 2.05) is 0 Å². The lowest BCUT2D eigenvalue weighted by Crippen LogP contribution is -2.49.